The largest absolute Gasteiger partial charge is 0.506 e. The van der Waals surface area contributed by atoms with Gasteiger partial charge in [-0.2, -0.15) is 0 Å². The molecule has 94 valence electrons. The van der Waals surface area contributed by atoms with Crippen molar-refractivity contribution in [2.24, 2.45) is 0 Å². The Hall–Kier alpha value is -1.87. The van der Waals surface area contributed by atoms with Crippen LogP contribution in [0.3, 0.4) is 0 Å². The maximum atomic E-state index is 9.17. The summed E-state index contributed by atoms with van der Waals surface area (Å²) in [5.41, 5.74) is 3.51. The van der Waals surface area contributed by atoms with Crippen molar-refractivity contribution in [3.05, 3.63) is 59.4 Å². The summed E-state index contributed by atoms with van der Waals surface area (Å²) in [4.78, 5) is 4.15. The van der Waals surface area contributed by atoms with Crippen molar-refractivity contribution in [2.75, 3.05) is 0 Å². The van der Waals surface area contributed by atoms with E-state index in [4.69, 9.17) is 5.11 Å². The third-order valence-corrected chi connectivity index (χ3v) is 3.05. The number of aromatic hydroxyl groups is 1. The molecule has 0 aliphatic rings. The van der Waals surface area contributed by atoms with E-state index in [0.29, 0.717) is 6.54 Å². The molecular formula is C15H18N2O. The predicted molar refractivity (Wildman–Crippen MR) is 72.3 cm³/mol. The number of nitrogens with one attached hydrogen (secondary N) is 1. The molecule has 1 atom stereocenters. The van der Waals surface area contributed by atoms with Gasteiger partial charge in [-0.05, 0) is 37.1 Å². The Bertz CT molecular complexity index is 508. The number of hydrogen-bond acceptors (Lipinski definition) is 3. The molecule has 0 saturated carbocycles. The number of pyridine rings is 1. The molecule has 1 unspecified atom stereocenters. The van der Waals surface area contributed by atoms with Crippen molar-refractivity contribution in [2.45, 2.75) is 26.4 Å². The Morgan fingerprint density at radius 1 is 1.22 bits per heavy atom. The van der Waals surface area contributed by atoms with Crippen LogP contribution in [0.5, 0.6) is 5.75 Å². The normalized spacial score (nSPS) is 12.3. The molecule has 1 aromatic carbocycles. The number of aromatic nitrogens is 1. The Balaban J connectivity index is 1.98. The first kappa shape index (κ1) is 12.6. The minimum Gasteiger partial charge on any atom is -0.506 e. The molecule has 1 heterocycles. The van der Waals surface area contributed by atoms with E-state index in [-0.39, 0.29) is 11.8 Å². The summed E-state index contributed by atoms with van der Waals surface area (Å²) >= 11 is 0. The van der Waals surface area contributed by atoms with Crippen molar-refractivity contribution in [3.8, 4) is 5.75 Å². The van der Waals surface area contributed by atoms with Gasteiger partial charge in [-0.1, -0.05) is 24.3 Å². The average molecular weight is 242 g/mol. The minimum absolute atomic E-state index is 0.200. The van der Waals surface area contributed by atoms with Crippen molar-refractivity contribution in [3.63, 3.8) is 0 Å². The topological polar surface area (TPSA) is 45.1 Å². The zero-order valence-electron chi connectivity index (χ0n) is 10.7. The van der Waals surface area contributed by atoms with E-state index in [2.05, 4.69) is 42.3 Å². The quantitative estimate of drug-likeness (QED) is 0.866. The summed E-state index contributed by atoms with van der Waals surface area (Å²) in [5.74, 6) is 0.200. The lowest BCUT2D eigenvalue weighted by Crippen LogP contribution is -2.19. The van der Waals surface area contributed by atoms with E-state index in [1.165, 1.54) is 17.3 Å². The van der Waals surface area contributed by atoms with Gasteiger partial charge in [0.05, 0.1) is 11.9 Å². The van der Waals surface area contributed by atoms with Gasteiger partial charge in [-0.25, -0.2) is 0 Å². The Labute approximate surface area is 108 Å². The monoisotopic (exact) mass is 242 g/mol. The lowest BCUT2D eigenvalue weighted by Gasteiger charge is -2.16. The van der Waals surface area contributed by atoms with E-state index >= 15 is 0 Å². The van der Waals surface area contributed by atoms with Gasteiger partial charge in [0.2, 0.25) is 0 Å². The summed E-state index contributed by atoms with van der Waals surface area (Å²) in [6.07, 6.45) is 1.47. The van der Waals surface area contributed by atoms with E-state index in [0.717, 1.165) is 5.69 Å². The molecule has 0 fully saturated rings. The lowest BCUT2D eigenvalue weighted by atomic mass is 10.0. The van der Waals surface area contributed by atoms with Crippen LogP contribution in [0, 0.1) is 6.92 Å². The number of aryl methyl sites for hydroxylation is 1. The van der Waals surface area contributed by atoms with Crippen LogP contribution in [0.15, 0.2) is 42.6 Å². The van der Waals surface area contributed by atoms with E-state index in [1.807, 2.05) is 12.1 Å². The second-order valence-electron chi connectivity index (χ2n) is 4.47. The summed E-state index contributed by atoms with van der Waals surface area (Å²) in [6.45, 7) is 4.95. The molecule has 0 bridgehead atoms. The lowest BCUT2D eigenvalue weighted by molar-refractivity contribution is 0.471. The third kappa shape index (κ3) is 3.08. The molecule has 0 radical (unpaired) electrons. The first-order valence-electron chi connectivity index (χ1n) is 6.09. The molecule has 0 amide bonds. The third-order valence-electron chi connectivity index (χ3n) is 3.05. The van der Waals surface area contributed by atoms with Crippen molar-refractivity contribution in [1.82, 2.24) is 10.3 Å². The Kier molecular flexibility index (Phi) is 3.95. The first-order valence-corrected chi connectivity index (χ1v) is 6.09. The van der Waals surface area contributed by atoms with Crippen LogP contribution in [0.25, 0.3) is 0 Å². The zero-order chi connectivity index (χ0) is 13.0. The first-order chi connectivity index (χ1) is 8.66. The molecule has 18 heavy (non-hydrogen) atoms. The molecule has 2 aromatic rings. The highest BCUT2D eigenvalue weighted by atomic mass is 16.3. The fourth-order valence-electron chi connectivity index (χ4n) is 1.96. The zero-order valence-corrected chi connectivity index (χ0v) is 10.7. The van der Waals surface area contributed by atoms with Crippen LogP contribution in [0.2, 0.25) is 0 Å². The van der Waals surface area contributed by atoms with Crippen LogP contribution < -0.4 is 5.32 Å². The predicted octanol–water partition coefficient (Wildman–Crippen LogP) is 2.95. The van der Waals surface area contributed by atoms with Gasteiger partial charge in [0.1, 0.15) is 5.75 Å². The fourth-order valence-corrected chi connectivity index (χ4v) is 1.96. The van der Waals surface area contributed by atoms with Crippen LogP contribution in [0.1, 0.15) is 29.8 Å². The molecule has 2 N–H and O–H groups in total. The molecule has 0 saturated heterocycles. The smallest absolute Gasteiger partial charge is 0.133 e. The van der Waals surface area contributed by atoms with Gasteiger partial charge in [-0.15, -0.1) is 0 Å². The number of rotatable bonds is 4. The fraction of sp³-hybridized carbons (Fsp3) is 0.267. The van der Waals surface area contributed by atoms with Gasteiger partial charge in [-0.3, -0.25) is 4.98 Å². The summed E-state index contributed by atoms with van der Waals surface area (Å²) in [5, 5.41) is 12.6. The molecule has 3 nitrogen and oxygen atoms in total. The van der Waals surface area contributed by atoms with Gasteiger partial charge in [0, 0.05) is 12.6 Å². The van der Waals surface area contributed by atoms with Crippen molar-refractivity contribution < 1.29 is 5.11 Å². The van der Waals surface area contributed by atoms with E-state index in [9.17, 15) is 0 Å². The van der Waals surface area contributed by atoms with E-state index < -0.39 is 0 Å². The molecule has 0 aliphatic carbocycles. The molecule has 0 spiro atoms. The highest BCUT2D eigenvalue weighted by Gasteiger charge is 2.07. The molecule has 1 aromatic heterocycles. The van der Waals surface area contributed by atoms with Gasteiger partial charge >= 0.3 is 0 Å². The summed E-state index contributed by atoms with van der Waals surface area (Å²) < 4.78 is 0. The van der Waals surface area contributed by atoms with Gasteiger partial charge in [0.15, 0.2) is 0 Å². The van der Waals surface area contributed by atoms with Gasteiger partial charge in [0.25, 0.3) is 0 Å². The standard InChI is InChI=1S/C15H18N2O/c1-11-5-3-4-6-15(11)12(2)16-9-13-7-8-14(18)10-17-13/h3-8,10,12,16,18H,9H2,1-2H3. The van der Waals surface area contributed by atoms with Crippen LogP contribution in [-0.4, -0.2) is 10.1 Å². The van der Waals surface area contributed by atoms with E-state index in [1.54, 1.807) is 6.07 Å². The van der Waals surface area contributed by atoms with Crippen molar-refractivity contribution in [1.29, 1.82) is 0 Å². The number of benzene rings is 1. The highest BCUT2D eigenvalue weighted by molar-refractivity contribution is 5.28. The van der Waals surface area contributed by atoms with Crippen LogP contribution in [0.4, 0.5) is 0 Å². The maximum Gasteiger partial charge on any atom is 0.133 e. The van der Waals surface area contributed by atoms with Crippen LogP contribution >= 0.6 is 0 Å². The SMILES string of the molecule is Cc1ccccc1C(C)NCc1ccc(O)cn1. The molecule has 0 aliphatic heterocycles. The molecule has 2 rings (SSSR count). The second-order valence-corrected chi connectivity index (χ2v) is 4.47. The molecular weight excluding hydrogens is 224 g/mol. The molecule has 3 heteroatoms. The van der Waals surface area contributed by atoms with Gasteiger partial charge < -0.3 is 10.4 Å². The highest BCUT2D eigenvalue weighted by Crippen LogP contribution is 2.17. The second kappa shape index (κ2) is 5.65. The maximum absolute atomic E-state index is 9.17. The summed E-state index contributed by atoms with van der Waals surface area (Å²) in [6, 6.07) is 12.1. The number of hydrogen-bond donors (Lipinski definition) is 2. The average Bonchev–Trinajstić information content (AvgIpc) is 2.38. The van der Waals surface area contributed by atoms with Crippen LogP contribution in [-0.2, 0) is 6.54 Å². The summed E-state index contributed by atoms with van der Waals surface area (Å²) in [7, 11) is 0. The van der Waals surface area contributed by atoms with Crippen molar-refractivity contribution >= 4 is 0 Å². The minimum atomic E-state index is 0.200. The number of nitrogens with zero attached hydrogens (tertiary/aromatic N) is 1. The Morgan fingerprint density at radius 3 is 2.67 bits per heavy atom. The Morgan fingerprint density at radius 2 is 2.00 bits per heavy atom.